The van der Waals surface area contributed by atoms with Crippen molar-refractivity contribution in [2.75, 3.05) is 4.72 Å². The van der Waals surface area contributed by atoms with Gasteiger partial charge in [0.2, 0.25) is 11.8 Å². The molecular weight excluding hydrogens is 557 g/mol. The highest BCUT2D eigenvalue weighted by molar-refractivity contribution is 7.87. The largest absolute Gasteiger partial charge is 0.357 e. The van der Waals surface area contributed by atoms with E-state index in [1.165, 1.54) is 30.4 Å². The number of thiophene rings is 1. The average molecular weight is 587 g/mol. The first kappa shape index (κ1) is 30.1. The molecule has 0 radical (unpaired) electrons. The van der Waals surface area contributed by atoms with Crippen LogP contribution < -0.4 is 15.4 Å². The molecule has 0 saturated carbocycles. The van der Waals surface area contributed by atoms with Crippen molar-refractivity contribution in [1.29, 1.82) is 0 Å². The minimum atomic E-state index is -4.40. The van der Waals surface area contributed by atoms with Gasteiger partial charge in [-0.1, -0.05) is 61.6 Å². The first-order chi connectivity index (χ1) is 18.5. The van der Waals surface area contributed by atoms with Gasteiger partial charge < -0.3 is 10.6 Å². The molecular formula is C27H30N4O5S3. The van der Waals surface area contributed by atoms with Crippen molar-refractivity contribution in [3.63, 3.8) is 0 Å². The minimum Gasteiger partial charge on any atom is -0.346 e. The van der Waals surface area contributed by atoms with E-state index in [-0.39, 0.29) is 17.5 Å². The zero-order valence-corrected chi connectivity index (χ0v) is 23.9. The quantitative estimate of drug-likeness (QED) is 0.144. The molecule has 2 aromatic carbocycles. The molecule has 2 atom stereocenters. The Balaban J connectivity index is 1.89. The van der Waals surface area contributed by atoms with Gasteiger partial charge >= 0.3 is 10.3 Å². The molecule has 0 bridgehead atoms. The van der Waals surface area contributed by atoms with Crippen molar-refractivity contribution in [1.82, 2.24) is 10.6 Å². The standard InChI is InChI=1S/C27H30N4O5S3/c1-3-23(30-27(37)21-13-14-38-17-21)24(15-20-9-11-22(12-10-20)31-39(34,35)36)29-26(33)25(28-18(2)32)16-19-7-5-4-6-8-19/h4-14,17,24-25,31H,3,15-16H2,1-2H3,(H,28,32)(H,29,33)(H,34,35,36)/t24-,25-/m0/s1. The second-order valence-corrected chi connectivity index (χ2v) is 11.1. The van der Waals surface area contributed by atoms with Gasteiger partial charge in [-0.05, 0) is 47.5 Å². The number of amides is 2. The first-order valence-electron chi connectivity index (χ1n) is 12.1. The first-order valence-corrected chi connectivity index (χ1v) is 14.9. The number of nitrogens with zero attached hydrogens (tertiary/aromatic N) is 1. The third-order valence-electron chi connectivity index (χ3n) is 5.71. The molecule has 9 nitrogen and oxygen atoms in total. The maximum absolute atomic E-state index is 13.5. The molecule has 0 saturated heterocycles. The van der Waals surface area contributed by atoms with Gasteiger partial charge in [-0.25, -0.2) is 4.99 Å². The molecule has 0 fully saturated rings. The lowest BCUT2D eigenvalue weighted by atomic mass is 9.98. The molecule has 0 aliphatic rings. The second kappa shape index (κ2) is 14.1. The summed E-state index contributed by atoms with van der Waals surface area (Å²) < 4.78 is 33.3. The number of hydrogen-bond donors (Lipinski definition) is 4. The second-order valence-electron chi connectivity index (χ2n) is 8.76. The number of carbonyl (C=O) groups is 2. The fraction of sp³-hybridized carbons (Fsp3) is 0.259. The summed E-state index contributed by atoms with van der Waals surface area (Å²) in [5.74, 6) is -0.695. The van der Waals surface area contributed by atoms with Gasteiger partial charge in [0.15, 0.2) is 0 Å². The van der Waals surface area contributed by atoms with Crippen LogP contribution in [0.15, 0.2) is 76.4 Å². The van der Waals surface area contributed by atoms with Crippen molar-refractivity contribution >= 4 is 62.1 Å². The number of nitrogens with one attached hydrogen (secondary N) is 3. The van der Waals surface area contributed by atoms with Crippen LogP contribution in [0.2, 0.25) is 0 Å². The molecule has 0 aliphatic heterocycles. The van der Waals surface area contributed by atoms with Gasteiger partial charge in [0.25, 0.3) is 0 Å². The molecule has 206 valence electrons. The number of hydrogen-bond acceptors (Lipinski definition) is 6. The monoisotopic (exact) mass is 586 g/mol. The maximum atomic E-state index is 13.5. The Labute approximate surface area is 237 Å². The van der Waals surface area contributed by atoms with Crippen molar-refractivity contribution in [2.45, 2.75) is 45.2 Å². The maximum Gasteiger partial charge on any atom is 0.357 e. The van der Waals surface area contributed by atoms with Crippen LogP contribution in [0.5, 0.6) is 0 Å². The van der Waals surface area contributed by atoms with Crippen molar-refractivity contribution in [3.05, 3.63) is 88.1 Å². The smallest absolute Gasteiger partial charge is 0.346 e. The Kier molecular flexibility index (Phi) is 10.9. The van der Waals surface area contributed by atoms with Crippen LogP contribution in [-0.2, 0) is 32.7 Å². The fourth-order valence-corrected chi connectivity index (χ4v) is 5.30. The predicted octanol–water partition coefficient (Wildman–Crippen LogP) is 3.96. The van der Waals surface area contributed by atoms with Gasteiger partial charge in [0, 0.05) is 30.0 Å². The number of carbonyl (C=O) groups excluding carboxylic acids is 2. The van der Waals surface area contributed by atoms with Gasteiger partial charge in [0.1, 0.15) is 11.0 Å². The highest BCUT2D eigenvalue weighted by atomic mass is 32.2. The van der Waals surface area contributed by atoms with Crippen LogP contribution in [0.1, 0.15) is 37.0 Å². The zero-order valence-electron chi connectivity index (χ0n) is 21.5. The molecule has 1 aromatic heterocycles. The lowest BCUT2D eigenvalue weighted by molar-refractivity contribution is -0.128. The van der Waals surface area contributed by atoms with E-state index < -0.39 is 22.4 Å². The summed E-state index contributed by atoms with van der Waals surface area (Å²) in [6.45, 7) is 3.28. The van der Waals surface area contributed by atoms with E-state index in [4.69, 9.17) is 16.8 Å². The summed E-state index contributed by atoms with van der Waals surface area (Å²) >= 11 is 7.04. The van der Waals surface area contributed by atoms with E-state index in [2.05, 4.69) is 15.6 Å². The number of rotatable bonds is 12. The van der Waals surface area contributed by atoms with Crippen molar-refractivity contribution in [3.8, 4) is 0 Å². The molecule has 1 heterocycles. The Morgan fingerprint density at radius 2 is 1.62 bits per heavy atom. The van der Waals surface area contributed by atoms with Gasteiger partial charge in [0.05, 0.1) is 11.7 Å². The summed E-state index contributed by atoms with van der Waals surface area (Å²) in [6, 6.07) is 16.3. The molecule has 2 amide bonds. The van der Waals surface area contributed by atoms with Crippen LogP contribution in [-0.4, -0.2) is 47.6 Å². The van der Waals surface area contributed by atoms with Gasteiger partial charge in [-0.2, -0.15) is 19.8 Å². The van der Waals surface area contributed by atoms with E-state index in [0.29, 0.717) is 30.0 Å². The van der Waals surface area contributed by atoms with Crippen molar-refractivity contribution in [2.24, 2.45) is 4.99 Å². The third-order valence-corrected chi connectivity index (χ3v) is 7.22. The van der Waals surface area contributed by atoms with E-state index in [0.717, 1.165) is 16.7 Å². The number of thiocarbonyl (C=S) groups is 1. The van der Waals surface area contributed by atoms with Gasteiger partial charge in [-0.3, -0.25) is 18.9 Å². The topological polar surface area (TPSA) is 137 Å². The Morgan fingerprint density at radius 1 is 0.974 bits per heavy atom. The van der Waals surface area contributed by atoms with E-state index >= 15 is 0 Å². The lowest BCUT2D eigenvalue weighted by Crippen LogP contribution is -2.52. The predicted molar refractivity (Wildman–Crippen MR) is 159 cm³/mol. The number of anilines is 1. The highest BCUT2D eigenvalue weighted by Crippen LogP contribution is 2.16. The van der Waals surface area contributed by atoms with Crippen LogP contribution >= 0.6 is 23.6 Å². The summed E-state index contributed by atoms with van der Waals surface area (Å²) in [7, 11) is -4.40. The highest BCUT2D eigenvalue weighted by Gasteiger charge is 2.25. The minimum absolute atomic E-state index is 0.193. The molecule has 0 aliphatic carbocycles. The molecule has 12 heteroatoms. The van der Waals surface area contributed by atoms with E-state index in [1.807, 2.05) is 58.8 Å². The summed E-state index contributed by atoms with van der Waals surface area (Å²) in [4.78, 5) is 30.5. The van der Waals surface area contributed by atoms with Crippen LogP contribution in [0.25, 0.3) is 0 Å². The van der Waals surface area contributed by atoms with Crippen molar-refractivity contribution < 1.29 is 22.6 Å². The van der Waals surface area contributed by atoms with Gasteiger partial charge in [-0.15, -0.1) is 0 Å². The summed E-state index contributed by atoms with van der Waals surface area (Å²) in [5.41, 5.74) is 3.34. The molecule has 3 aromatic rings. The number of aliphatic imine (C=N–C) groups is 1. The summed E-state index contributed by atoms with van der Waals surface area (Å²) in [5, 5.41) is 9.61. The fourth-order valence-electron chi connectivity index (χ4n) is 3.91. The average Bonchev–Trinajstić information content (AvgIpc) is 3.42. The van der Waals surface area contributed by atoms with Crippen LogP contribution in [0.3, 0.4) is 0 Å². The summed E-state index contributed by atoms with van der Waals surface area (Å²) in [6.07, 6.45) is 1.14. The van der Waals surface area contributed by atoms with E-state index in [9.17, 15) is 18.0 Å². The van der Waals surface area contributed by atoms with E-state index in [1.54, 1.807) is 12.1 Å². The third kappa shape index (κ3) is 9.98. The lowest BCUT2D eigenvalue weighted by Gasteiger charge is -2.25. The Morgan fingerprint density at radius 3 is 2.18 bits per heavy atom. The zero-order chi connectivity index (χ0) is 28.4. The Bertz CT molecular complexity index is 1410. The van der Waals surface area contributed by atoms with Crippen LogP contribution in [0.4, 0.5) is 5.69 Å². The molecule has 3 rings (SSSR count). The molecule has 0 unspecified atom stereocenters. The molecule has 0 spiro atoms. The normalized spacial score (nSPS) is 13.3. The molecule has 39 heavy (non-hydrogen) atoms. The molecule has 4 N–H and O–H groups in total. The Hall–Kier alpha value is -3.45. The SMILES string of the molecule is CCC(=NC(=S)c1ccsc1)[C@H](Cc1ccc(NS(=O)(=O)O)cc1)NC(=O)[C@H](Cc1ccccc1)NC(C)=O. The van der Waals surface area contributed by atoms with Crippen LogP contribution in [0, 0.1) is 0 Å². The number of benzene rings is 2.